The van der Waals surface area contributed by atoms with Crippen molar-refractivity contribution >= 4 is 15.8 Å². The van der Waals surface area contributed by atoms with Crippen molar-refractivity contribution in [1.29, 1.82) is 5.26 Å². The molecule has 1 aromatic rings. The van der Waals surface area contributed by atoms with E-state index < -0.39 is 10.0 Å². The van der Waals surface area contributed by atoms with Crippen LogP contribution in [0.2, 0.25) is 0 Å². The van der Waals surface area contributed by atoms with Gasteiger partial charge in [0, 0.05) is 6.54 Å². The number of hydrogen-bond acceptors (Lipinski definition) is 6. The van der Waals surface area contributed by atoms with Crippen LogP contribution in [0.1, 0.15) is 12.0 Å². The van der Waals surface area contributed by atoms with Crippen molar-refractivity contribution < 1.29 is 8.42 Å². The van der Waals surface area contributed by atoms with Crippen LogP contribution >= 0.6 is 0 Å². The second-order valence-electron chi connectivity index (χ2n) is 3.05. The lowest BCUT2D eigenvalue weighted by Crippen LogP contribution is -2.19. The number of anilines is 1. The van der Waals surface area contributed by atoms with Crippen LogP contribution < -0.4 is 10.5 Å². The van der Waals surface area contributed by atoms with Crippen LogP contribution in [-0.4, -0.2) is 30.9 Å². The number of aromatic nitrogens is 2. The van der Waals surface area contributed by atoms with E-state index in [1.165, 1.54) is 12.3 Å². The SMILES string of the molecule is N#Cc1ccnnc1NCCCS(N)(=O)=O. The minimum Gasteiger partial charge on any atom is -0.367 e. The van der Waals surface area contributed by atoms with Crippen LogP contribution in [0.25, 0.3) is 0 Å². The van der Waals surface area contributed by atoms with E-state index in [2.05, 4.69) is 15.5 Å². The predicted molar refractivity (Wildman–Crippen MR) is 57.8 cm³/mol. The van der Waals surface area contributed by atoms with Crippen LogP contribution in [-0.2, 0) is 10.0 Å². The van der Waals surface area contributed by atoms with Gasteiger partial charge < -0.3 is 5.32 Å². The summed E-state index contributed by atoms with van der Waals surface area (Å²) in [7, 11) is -3.44. The molecule has 0 aliphatic rings. The minimum atomic E-state index is -3.44. The molecule has 0 aromatic carbocycles. The normalized spacial score (nSPS) is 10.8. The Labute approximate surface area is 93.3 Å². The van der Waals surface area contributed by atoms with Gasteiger partial charge in [0.25, 0.3) is 0 Å². The standard InChI is InChI=1S/C8H11N5O2S/c9-6-7-2-4-12-13-8(7)11-3-1-5-16(10,14)15/h2,4H,1,3,5H2,(H,11,13)(H2,10,14,15). The summed E-state index contributed by atoms with van der Waals surface area (Å²) in [5, 5.41) is 23.7. The lowest BCUT2D eigenvalue weighted by molar-refractivity contribution is 0.595. The van der Waals surface area contributed by atoms with Crippen molar-refractivity contribution in [2.45, 2.75) is 6.42 Å². The molecule has 1 aromatic heterocycles. The molecule has 0 fully saturated rings. The van der Waals surface area contributed by atoms with E-state index in [9.17, 15) is 8.42 Å². The van der Waals surface area contributed by atoms with E-state index in [1.54, 1.807) is 0 Å². The molecule has 0 aliphatic carbocycles. The van der Waals surface area contributed by atoms with E-state index in [-0.39, 0.29) is 5.75 Å². The van der Waals surface area contributed by atoms with Gasteiger partial charge >= 0.3 is 0 Å². The lowest BCUT2D eigenvalue weighted by atomic mass is 10.3. The Hall–Kier alpha value is -1.72. The molecular formula is C8H11N5O2S. The summed E-state index contributed by atoms with van der Waals surface area (Å²) in [6.45, 7) is 0.365. The van der Waals surface area contributed by atoms with Gasteiger partial charge in [-0.3, -0.25) is 0 Å². The highest BCUT2D eigenvalue weighted by molar-refractivity contribution is 7.89. The third-order valence-electron chi connectivity index (χ3n) is 1.74. The first kappa shape index (κ1) is 12.4. The molecule has 0 unspecified atom stereocenters. The maximum Gasteiger partial charge on any atom is 0.209 e. The topological polar surface area (TPSA) is 122 Å². The molecule has 0 aliphatic heterocycles. The summed E-state index contributed by atoms with van der Waals surface area (Å²) in [5.74, 6) is 0.238. The fourth-order valence-electron chi connectivity index (χ4n) is 1.03. The Morgan fingerprint density at radius 1 is 1.56 bits per heavy atom. The van der Waals surface area contributed by atoms with Crippen molar-refractivity contribution in [2.75, 3.05) is 17.6 Å². The van der Waals surface area contributed by atoms with Crippen molar-refractivity contribution in [2.24, 2.45) is 5.14 Å². The van der Waals surface area contributed by atoms with Gasteiger partial charge in [-0.25, -0.2) is 13.6 Å². The van der Waals surface area contributed by atoms with Crippen LogP contribution in [0, 0.1) is 11.3 Å². The highest BCUT2D eigenvalue weighted by Gasteiger charge is 2.04. The number of nitrogens with one attached hydrogen (secondary N) is 1. The first-order chi connectivity index (χ1) is 7.53. The number of sulfonamides is 1. The molecule has 3 N–H and O–H groups in total. The van der Waals surface area contributed by atoms with Gasteiger partial charge in [0.15, 0.2) is 5.82 Å². The monoisotopic (exact) mass is 241 g/mol. The first-order valence-electron chi connectivity index (χ1n) is 4.49. The molecule has 0 saturated heterocycles. The molecule has 0 atom stereocenters. The predicted octanol–water partition coefficient (Wildman–Crippen LogP) is -0.561. The largest absolute Gasteiger partial charge is 0.367 e. The summed E-state index contributed by atoms with van der Waals surface area (Å²) in [6.07, 6.45) is 1.76. The zero-order valence-corrected chi connectivity index (χ0v) is 9.24. The summed E-state index contributed by atoms with van der Waals surface area (Å²) < 4.78 is 21.3. The van der Waals surface area contributed by atoms with Gasteiger partial charge in [-0.05, 0) is 12.5 Å². The molecule has 0 spiro atoms. The first-order valence-corrected chi connectivity index (χ1v) is 6.20. The van der Waals surface area contributed by atoms with Crippen molar-refractivity contribution in [1.82, 2.24) is 10.2 Å². The summed E-state index contributed by atoms with van der Waals surface area (Å²) >= 11 is 0. The van der Waals surface area contributed by atoms with E-state index in [1.807, 2.05) is 6.07 Å². The molecule has 16 heavy (non-hydrogen) atoms. The van der Waals surface area contributed by atoms with Gasteiger partial charge in [0.1, 0.15) is 6.07 Å². The van der Waals surface area contributed by atoms with Crippen LogP contribution in [0.4, 0.5) is 5.82 Å². The number of nitrogens with zero attached hydrogens (tertiary/aromatic N) is 3. The van der Waals surface area contributed by atoms with Gasteiger partial charge in [-0.1, -0.05) is 0 Å². The van der Waals surface area contributed by atoms with Gasteiger partial charge in [-0.15, -0.1) is 5.10 Å². The summed E-state index contributed by atoms with van der Waals surface area (Å²) in [6, 6.07) is 3.47. The van der Waals surface area contributed by atoms with Crippen molar-refractivity contribution in [3.63, 3.8) is 0 Å². The Kier molecular flexibility index (Phi) is 4.16. The van der Waals surface area contributed by atoms with E-state index in [0.717, 1.165) is 0 Å². The van der Waals surface area contributed by atoms with Gasteiger partial charge in [0.05, 0.1) is 17.5 Å². The molecule has 0 saturated carbocycles. The number of rotatable bonds is 5. The third-order valence-corrected chi connectivity index (χ3v) is 2.60. The number of hydrogen-bond donors (Lipinski definition) is 2. The Morgan fingerprint density at radius 3 is 2.94 bits per heavy atom. The molecule has 86 valence electrons. The third kappa shape index (κ3) is 4.20. The lowest BCUT2D eigenvalue weighted by Gasteiger charge is -2.04. The molecule has 0 bridgehead atoms. The second-order valence-corrected chi connectivity index (χ2v) is 4.79. The maximum absolute atomic E-state index is 10.6. The highest BCUT2D eigenvalue weighted by atomic mass is 32.2. The second kappa shape index (κ2) is 5.39. The average Bonchev–Trinajstić information content (AvgIpc) is 2.23. The maximum atomic E-state index is 10.6. The van der Waals surface area contributed by atoms with Crippen LogP contribution in [0.5, 0.6) is 0 Å². The minimum absolute atomic E-state index is 0.109. The quantitative estimate of drug-likeness (QED) is 0.666. The molecular weight excluding hydrogens is 230 g/mol. The van der Waals surface area contributed by atoms with Crippen LogP contribution in [0.3, 0.4) is 0 Å². The molecule has 1 rings (SSSR count). The number of nitriles is 1. The van der Waals surface area contributed by atoms with Gasteiger partial charge in [0.2, 0.25) is 10.0 Å². The zero-order chi connectivity index (χ0) is 12.0. The number of nitrogens with two attached hydrogens (primary N) is 1. The van der Waals surface area contributed by atoms with E-state index >= 15 is 0 Å². The summed E-state index contributed by atoms with van der Waals surface area (Å²) in [5.41, 5.74) is 0.366. The Bertz CT molecular complexity index is 493. The van der Waals surface area contributed by atoms with E-state index in [4.69, 9.17) is 10.4 Å². The van der Waals surface area contributed by atoms with Crippen LogP contribution in [0.15, 0.2) is 12.3 Å². The Balaban J connectivity index is 2.47. The average molecular weight is 241 g/mol. The molecule has 0 amide bonds. The Morgan fingerprint density at radius 2 is 2.31 bits per heavy atom. The zero-order valence-electron chi connectivity index (χ0n) is 8.42. The van der Waals surface area contributed by atoms with Crippen molar-refractivity contribution in [3.05, 3.63) is 17.8 Å². The molecule has 7 nitrogen and oxygen atoms in total. The molecule has 0 radical (unpaired) electrons. The van der Waals surface area contributed by atoms with E-state index in [0.29, 0.717) is 24.3 Å². The smallest absolute Gasteiger partial charge is 0.209 e. The fourth-order valence-corrected chi connectivity index (χ4v) is 1.58. The van der Waals surface area contributed by atoms with Crippen molar-refractivity contribution in [3.8, 4) is 6.07 Å². The fraction of sp³-hybridized carbons (Fsp3) is 0.375. The molecule has 1 heterocycles. The summed E-state index contributed by atoms with van der Waals surface area (Å²) in [4.78, 5) is 0. The number of primary sulfonamides is 1. The van der Waals surface area contributed by atoms with Gasteiger partial charge in [-0.2, -0.15) is 10.4 Å². The molecule has 8 heteroatoms. The highest BCUT2D eigenvalue weighted by Crippen LogP contribution is 2.07.